The van der Waals surface area contributed by atoms with Crippen LogP contribution in [0.15, 0.2) is 0 Å². The van der Waals surface area contributed by atoms with Gasteiger partial charge in [0.05, 0.1) is 0 Å². The molecule has 0 heterocycles. The Balaban J connectivity index is 3.73. The van der Waals surface area contributed by atoms with Crippen LogP contribution in [-0.4, -0.2) is 24.0 Å². The number of hydrogen-bond donors (Lipinski definition) is 1. The summed E-state index contributed by atoms with van der Waals surface area (Å²) in [7, 11) is 0. The van der Waals surface area contributed by atoms with Crippen molar-refractivity contribution in [1.29, 1.82) is 0 Å². The lowest BCUT2D eigenvalue weighted by atomic mass is 10.2. The van der Waals surface area contributed by atoms with E-state index in [0.29, 0.717) is 0 Å². The second-order valence-corrected chi connectivity index (χ2v) is 5.01. The van der Waals surface area contributed by atoms with Crippen LogP contribution < -0.4 is 5.32 Å². The number of carbonyl (C=O) groups excluding carboxylic acids is 2. The Morgan fingerprint density at radius 1 is 1.28 bits per heavy atom. The maximum absolute atomic E-state index is 11.3. The summed E-state index contributed by atoms with van der Waals surface area (Å²) < 4.78 is 5.04. The summed E-state index contributed by atoms with van der Waals surface area (Å²) in [6.07, 6.45) is 2.55. The molecule has 0 aromatic heterocycles. The average Bonchev–Trinajstić information content (AvgIpc) is 2.22. The van der Waals surface area contributed by atoms with E-state index >= 15 is 0 Å². The first-order valence-corrected chi connectivity index (χ1v) is 6.33. The maximum atomic E-state index is 11.3. The molecule has 0 unspecified atom stereocenters. The second kappa shape index (κ2) is 8.57. The second-order valence-electron chi connectivity index (χ2n) is 5.01. The summed E-state index contributed by atoms with van der Waals surface area (Å²) in [6.45, 7) is 7.70. The van der Waals surface area contributed by atoms with E-state index < -0.39 is 11.7 Å². The molecule has 1 amide bonds. The van der Waals surface area contributed by atoms with Crippen molar-refractivity contribution < 1.29 is 14.3 Å². The van der Waals surface area contributed by atoms with Gasteiger partial charge in [0.2, 0.25) is 5.78 Å². The molecule has 0 bridgehead atoms. The van der Waals surface area contributed by atoms with Gasteiger partial charge < -0.3 is 10.1 Å². The minimum atomic E-state index is -0.520. The van der Waals surface area contributed by atoms with E-state index in [4.69, 9.17) is 4.74 Å². The molecule has 0 aliphatic carbocycles. The predicted octanol–water partition coefficient (Wildman–Crippen LogP) is 2.66. The van der Waals surface area contributed by atoms with Crippen molar-refractivity contribution in [3.63, 3.8) is 0 Å². The summed E-state index contributed by atoms with van der Waals surface area (Å²) in [6, 6.07) is 0. The van der Waals surface area contributed by atoms with E-state index in [1.165, 1.54) is 0 Å². The molecule has 0 aliphatic rings. The van der Waals surface area contributed by atoms with E-state index in [1.54, 1.807) is 20.8 Å². The topological polar surface area (TPSA) is 55.4 Å². The smallest absolute Gasteiger partial charge is 0.407 e. The van der Waals surface area contributed by atoms with Crippen molar-refractivity contribution in [2.24, 2.45) is 0 Å². The Morgan fingerprint density at radius 2 is 1.94 bits per heavy atom. The molecule has 0 aromatic carbocycles. The van der Waals surface area contributed by atoms with Crippen LogP contribution in [0.2, 0.25) is 0 Å². The fourth-order valence-electron chi connectivity index (χ4n) is 1.08. The van der Waals surface area contributed by atoms with Crippen LogP contribution in [0.4, 0.5) is 4.79 Å². The van der Waals surface area contributed by atoms with Crippen LogP contribution in [-0.2, 0) is 9.53 Å². The third-order valence-electron chi connectivity index (χ3n) is 1.90. The molecule has 0 saturated heterocycles. The van der Waals surface area contributed by atoms with Crippen molar-refractivity contribution in [3.8, 4) is 11.8 Å². The molecule has 0 aromatic rings. The average molecular weight is 253 g/mol. The molecular weight excluding hydrogens is 230 g/mol. The number of unbranched alkanes of at least 4 members (excludes halogenated alkanes) is 2. The van der Waals surface area contributed by atoms with Gasteiger partial charge in [0.25, 0.3) is 0 Å². The van der Waals surface area contributed by atoms with Crippen LogP contribution in [0.25, 0.3) is 0 Å². The number of hydrogen-bond acceptors (Lipinski definition) is 3. The first-order valence-electron chi connectivity index (χ1n) is 6.33. The van der Waals surface area contributed by atoms with E-state index in [2.05, 4.69) is 24.1 Å². The lowest BCUT2D eigenvalue weighted by Crippen LogP contribution is -2.33. The van der Waals surface area contributed by atoms with Gasteiger partial charge in [-0.3, -0.25) is 4.79 Å². The number of Topliss-reactive ketones (excluding diaryl/α,β-unsaturated/α-hetero) is 1. The van der Waals surface area contributed by atoms with Gasteiger partial charge in [-0.25, -0.2) is 4.79 Å². The van der Waals surface area contributed by atoms with E-state index in [1.807, 2.05) is 0 Å². The number of carbonyl (C=O) groups is 2. The van der Waals surface area contributed by atoms with Crippen LogP contribution in [0.3, 0.4) is 0 Å². The molecule has 4 heteroatoms. The minimum absolute atomic E-state index is 0.151. The molecular formula is C14H23NO3. The van der Waals surface area contributed by atoms with Crippen molar-refractivity contribution >= 4 is 11.9 Å². The zero-order valence-corrected chi connectivity index (χ0v) is 11.8. The Labute approximate surface area is 109 Å². The van der Waals surface area contributed by atoms with Gasteiger partial charge in [0.15, 0.2) is 0 Å². The summed E-state index contributed by atoms with van der Waals surface area (Å²) in [4.78, 5) is 22.6. The summed E-state index contributed by atoms with van der Waals surface area (Å²) in [5, 5.41) is 2.52. The Kier molecular flexibility index (Phi) is 7.86. The van der Waals surface area contributed by atoms with Crippen molar-refractivity contribution in [3.05, 3.63) is 0 Å². The SMILES string of the molecule is CCCCC#CC(=O)CCNC(=O)OC(C)(C)C. The highest BCUT2D eigenvalue weighted by molar-refractivity contribution is 5.95. The highest BCUT2D eigenvalue weighted by atomic mass is 16.6. The van der Waals surface area contributed by atoms with Crippen molar-refractivity contribution in [2.75, 3.05) is 6.54 Å². The normalized spacial score (nSPS) is 10.2. The molecule has 0 rings (SSSR count). The molecule has 0 spiro atoms. The largest absolute Gasteiger partial charge is 0.444 e. The number of nitrogens with one attached hydrogen (secondary N) is 1. The third-order valence-corrected chi connectivity index (χ3v) is 1.90. The third kappa shape index (κ3) is 11.0. The van der Waals surface area contributed by atoms with Gasteiger partial charge in [-0.1, -0.05) is 19.3 Å². The van der Waals surface area contributed by atoms with E-state index in [-0.39, 0.29) is 18.7 Å². The van der Waals surface area contributed by atoms with Crippen molar-refractivity contribution in [1.82, 2.24) is 5.32 Å². The van der Waals surface area contributed by atoms with E-state index in [9.17, 15) is 9.59 Å². The highest BCUT2D eigenvalue weighted by Crippen LogP contribution is 2.06. The zero-order chi connectivity index (χ0) is 14.0. The molecule has 1 N–H and O–H groups in total. The van der Waals surface area contributed by atoms with E-state index in [0.717, 1.165) is 19.3 Å². The van der Waals surface area contributed by atoms with Gasteiger partial charge >= 0.3 is 6.09 Å². The van der Waals surface area contributed by atoms with Gasteiger partial charge in [0.1, 0.15) is 5.60 Å². The van der Waals surface area contributed by atoms with Gasteiger partial charge in [0, 0.05) is 19.4 Å². The lowest BCUT2D eigenvalue weighted by Gasteiger charge is -2.19. The lowest BCUT2D eigenvalue weighted by molar-refractivity contribution is -0.113. The molecule has 102 valence electrons. The number of ketones is 1. The van der Waals surface area contributed by atoms with Crippen LogP contribution in [0, 0.1) is 11.8 Å². The van der Waals surface area contributed by atoms with Crippen LogP contribution >= 0.6 is 0 Å². The Bertz CT molecular complexity index is 331. The first-order chi connectivity index (χ1) is 8.35. The first kappa shape index (κ1) is 16.5. The standard InChI is InChI=1S/C14H23NO3/c1-5-6-7-8-9-12(16)10-11-15-13(17)18-14(2,3)4/h5-7,10-11H2,1-4H3,(H,15,17). The molecule has 18 heavy (non-hydrogen) atoms. The van der Waals surface area contributed by atoms with Gasteiger partial charge in [-0.15, -0.1) is 0 Å². The quantitative estimate of drug-likeness (QED) is 0.465. The van der Waals surface area contributed by atoms with Crippen LogP contribution in [0.1, 0.15) is 53.4 Å². The van der Waals surface area contributed by atoms with Gasteiger partial charge in [-0.05, 0) is 33.1 Å². The molecule has 0 atom stereocenters. The van der Waals surface area contributed by atoms with Crippen molar-refractivity contribution in [2.45, 2.75) is 59.0 Å². The zero-order valence-electron chi connectivity index (χ0n) is 11.8. The number of ether oxygens (including phenoxy) is 1. The minimum Gasteiger partial charge on any atom is -0.444 e. The fraction of sp³-hybridized carbons (Fsp3) is 0.714. The Hall–Kier alpha value is -1.50. The number of amides is 1. The Morgan fingerprint density at radius 3 is 2.50 bits per heavy atom. The van der Waals surface area contributed by atoms with Gasteiger partial charge in [-0.2, -0.15) is 0 Å². The molecule has 0 fully saturated rings. The summed E-state index contributed by atoms with van der Waals surface area (Å²) in [5.41, 5.74) is -0.520. The molecule has 0 aliphatic heterocycles. The highest BCUT2D eigenvalue weighted by Gasteiger charge is 2.15. The number of alkyl carbamates (subject to hydrolysis) is 1. The number of rotatable bonds is 5. The maximum Gasteiger partial charge on any atom is 0.407 e. The predicted molar refractivity (Wildman–Crippen MR) is 71.2 cm³/mol. The molecule has 0 radical (unpaired) electrons. The fourth-order valence-corrected chi connectivity index (χ4v) is 1.08. The van der Waals surface area contributed by atoms with Crippen LogP contribution in [0.5, 0.6) is 0 Å². The summed E-state index contributed by atoms with van der Waals surface area (Å²) in [5.74, 6) is 5.23. The molecule has 4 nitrogen and oxygen atoms in total. The molecule has 0 saturated carbocycles. The monoisotopic (exact) mass is 253 g/mol. The summed E-state index contributed by atoms with van der Waals surface area (Å²) >= 11 is 0.